The van der Waals surface area contributed by atoms with Gasteiger partial charge in [-0.2, -0.15) is 0 Å². The van der Waals surface area contributed by atoms with E-state index in [9.17, 15) is 9.18 Å². The lowest BCUT2D eigenvalue weighted by atomic mass is 10.1. The predicted octanol–water partition coefficient (Wildman–Crippen LogP) is 2.40. The number of likely N-dealkylation sites (N-methyl/N-ethyl adjacent to an activating group) is 1. The van der Waals surface area contributed by atoms with Gasteiger partial charge in [-0.05, 0) is 30.7 Å². The fraction of sp³-hybridized carbons (Fsp3) is 0.357. The molecular weight excluding hydrogens is 249 g/mol. The summed E-state index contributed by atoms with van der Waals surface area (Å²) in [6.45, 7) is 3.74. The van der Waals surface area contributed by atoms with Crippen LogP contribution in [0.2, 0.25) is 0 Å². The summed E-state index contributed by atoms with van der Waals surface area (Å²) in [6.07, 6.45) is 2.34. The van der Waals surface area contributed by atoms with Crippen LogP contribution in [0.15, 0.2) is 24.3 Å². The molecule has 1 aromatic rings. The molecule has 0 fully saturated rings. The molecule has 104 valence electrons. The summed E-state index contributed by atoms with van der Waals surface area (Å²) in [4.78, 5) is 12.3. The van der Waals surface area contributed by atoms with Crippen molar-refractivity contribution in [2.45, 2.75) is 6.92 Å². The second-order valence-electron chi connectivity index (χ2n) is 3.95. The molecule has 0 aromatic heterocycles. The number of aliphatic carboxylic acids is 1. The van der Waals surface area contributed by atoms with Gasteiger partial charge in [0.15, 0.2) is 0 Å². The van der Waals surface area contributed by atoms with Crippen molar-refractivity contribution < 1.29 is 19.0 Å². The third-order valence-electron chi connectivity index (χ3n) is 2.68. The van der Waals surface area contributed by atoms with Gasteiger partial charge in [0.1, 0.15) is 5.82 Å². The first-order valence-electron chi connectivity index (χ1n) is 6.03. The Kier molecular flexibility index (Phi) is 6.02. The fourth-order valence-electron chi connectivity index (χ4n) is 1.70. The van der Waals surface area contributed by atoms with Gasteiger partial charge >= 0.3 is 5.97 Å². The number of anilines is 1. The summed E-state index contributed by atoms with van der Waals surface area (Å²) in [7, 11) is 1.60. The molecule has 0 saturated heterocycles. The predicted molar refractivity (Wildman–Crippen MR) is 72.8 cm³/mol. The van der Waals surface area contributed by atoms with Gasteiger partial charge < -0.3 is 14.7 Å². The number of carbonyl (C=O) groups is 1. The zero-order chi connectivity index (χ0) is 14.3. The van der Waals surface area contributed by atoms with E-state index < -0.39 is 5.97 Å². The summed E-state index contributed by atoms with van der Waals surface area (Å²) >= 11 is 0. The summed E-state index contributed by atoms with van der Waals surface area (Å²) in [6, 6.07) is 4.66. The zero-order valence-electron chi connectivity index (χ0n) is 11.1. The second-order valence-corrected chi connectivity index (χ2v) is 3.95. The molecule has 0 aliphatic heterocycles. The molecular formula is C14H18FNO3. The van der Waals surface area contributed by atoms with E-state index in [4.69, 9.17) is 9.84 Å². The summed E-state index contributed by atoms with van der Waals surface area (Å²) < 4.78 is 19.0. The Hall–Kier alpha value is -1.88. The molecule has 0 spiro atoms. The van der Waals surface area contributed by atoms with Crippen molar-refractivity contribution in [2.75, 3.05) is 31.7 Å². The maximum absolute atomic E-state index is 14.0. The average Bonchev–Trinajstić information content (AvgIpc) is 2.39. The third kappa shape index (κ3) is 4.71. The van der Waals surface area contributed by atoms with Crippen molar-refractivity contribution in [3.05, 3.63) is 35.7 Å². The maximum atomic E-state index is 14.0. The van der Waals surface area contributed by atoms with E-state index in [0.717, 1.165) is 6.08 Å². The average molecular weight is 267 g/mol. The van der Waals surface area contributed by atoms with E-state index in [0.29, 0.717) is 30.9 Å². The monoisotopic (exact) mass is 267 g/mol. The number of hydrogen-bond donors (Lipinski definition) is 1. The van der Waals surface area contributed by atoms with Gasteiger partial charge in [-0.1, -0.05) is 6.07 Å². The Bertz CT molecular complexity index is 460. The molecule has 0 saturated carbocycles. The largest absolute Gasteiger partial charge is 0.478 e. The van der Waals surface area contributed by atoms with Crippen LogP contribution in [0.4, 0.5) is 10.1 Å². The summed E-state index contributed by atoms with van der Waals surface area (Å²) in [5, 5.41) is 8.52. The Balaban J connectivity index is 2.89. The highest BCUT2D eigenvalue weighted by Gasteiger charge is 2.09. The van der Waals surface area contributed by atoms with Crippen molar-refractivity contribution in [3.63, 3.8) is 0 Å². The number of carboxylic acids is 1. The van der Waals surface area contributed by atoms with Crippen LogP contribution in [0.3, 0.4) is 0 Å². The molecule has 0 atom stereocenters. The van der Waals surface area contributed by atoms with Gasteiger partial charge in [-0.15, -0.1) is 0 Å². The third-order valence-corrected chi connectivity index (χ3v) is 2.68. The van der Waals surface area contributed by atoms with E-state index in [1.54, 1.807) is 19.2 Å². The minimum Gasteiger partial charge on any atom is -0.478 e. The highest BCUT2D eigenvalue weighted by atomic mass is 19.1. The number of hydrogen-bond acceptors (Lipinski definition) is 3. The molecule has 0 amide bonds. The van der Waals surface area contributed by atoms with Crippen LogP contribution in [-0.4, -0.2) is 37.9 Å². The maximum Gasteiger partial charge on any atom is 0.328 e. The van der Waals surface area contributed by atoms with E-state index in [-0.39, 0.29) is 5.82 Å². The van der Waals surface area contributed by atoms with Crippen molar-refractivity contribution >= 4 is 17.7 Å². The van der Waals surface area contributed by atoms with E-state index >= 15 is 0 Å². The Labute approximate surface area is 112 Å². The molecule has 0 aliphatic carbocycles. The minimum absolute atomic E-state index is 0.370. The van der Waals surface area contributed by atoms with Crippen molar-refractivity contribution in [1.29, 1.82) is 0 Å². The number of nitrogens with zero attached hydrogens (tertiary/aromatic N) is 1. The zero-order valence-corrected chi connectivity index (χ0v) is 11.1. The van der Waals surface area contributed by atoms with Gasteiger partial charge in [-0.25, -0.2) is 9.18 Å². The van der Waals surface area contributed by atoms with Crippen molar-refractivity contribution in [2.24, 2.45) is 0 Å². The van der Waals surface area contributed by atoms with Crippen LogP contribution in [0, 0.1) is 5.82 Å². The molecule has 1 aromatic carbocycles. The van der Waals surface area contributed by atoms with E-state index in [1.165, 1.54) is 12.1 Å². The van der Waals surface area contributed by atoms with Gasteiger partial charge in [-0.3, -0.25) is 0 Å². The first-order chi connectivity index (χ1) is 9.08. The SMILES string of the molecule is CCN(CCOC)c1ccc(C=CC(=O)O)cc1F. The first kappa shape index (κ1) is 15.2. The van der Waals surface area contributed by atoms with Gasteiger partial charge in [0.05, 0.1) is 12.3 Å². The second kappa shape index (κ2) is 7.53. The van der Waals surface area contributed by atoms with Gasteiger partial charge in [0.25, 0.3) is 0 Å². The first-order valence-corrected chi connectivity index (χ1v) is 6.03. The van der Waals surface area contributed by atoms with Crippen LogP contribution >= 0.6 is 0 Å². The van der Waals surface area contributed by atoms with Gasteiger partial charge in [0.2, 0.25) is 0 Å². The molecule has 0 aliphatic rings. The number of rotatable bonds is 7. The van der Waals surface area contributed by atoms with E-state index in [2.05, 4.69) is 0 Å². The molecule has 19 heavy (non-hydrogen) atoms. The molecule has 4 nitrogen and oxygen atoms in total. The Morgan fingerprint density at radius 1 is 1.53 bits per heavy atom. The van der Waals surface area contributed by atoms with Crippen LogP contribution in [0.1, 0.15) is 12.5 Å². The number of ether oxygens (including phenoxy) is 1. The van der Waals surface area contributed by atoms with Crippen LogP contribution in [0.5, 0.6) is 0 Å². The Morgan fingerprint density at radius 3 is 2.79 bits per heavy atom. The molecule has 1 N–H and O–H groups in total. The highest BCUT2D eigenvalue weighted by molar-refractivity contribution is 5.85. The quantitative estimate of drug-likeness (QED) is 0.771. The lowest BCUT2D eigenvalue weighted by molar-refractivity contribution is -0.131. The Morgan fingerprint density at radius 2 is 2.26 bits per heavy atom. The highest BCUT2D eigenvalue weighted by Crippen LogP contribution is 2.21. The summed E-state index contributed by atoms with van der Waals surface area (Å²) in [5.74, 6) is -1.43. The number of carboxylic acid groups (broad SMARTS) is 1. The molecule has 0 radical (unpaired) electrons. The number of benzene rings is 1. The van der Waals surface area contributed by atoms with Crippen molar-refractivity contribution in [3.8, 4) is 0 Å². The van der Waals surface area contributed by atoms with Crippen LogP contribution < -0.4 is 4.90 Å². The van der Waals surface area contributed by atoms with Crippen molar-refractivity contribution in [1.82, 2.24) is 0 Å². The molecule has 0 bridgehead atoms. The lowest BCUT2D eigenvalue weighted by Gasteiger charge is -2.23. The fourth-order valence-corrected chi connectivity index (χ4v) is 1.70. The molecule has 0 heterocycles. The normalized spacial score (nSPS) is 10.9. The summed E-state index contributed by atoms with van der Waals surface area (Å²) in [5.41, 5.74) is 1.01. The lowest BCUT2D eigenvalue weighted by Crippen LogP contribution is -2.27. The standard InChI is InChI=1S/C14H18FNO3/c1-3-16(8-9-19-2)13-6-4-11(10-12(13)15)5-7-14(17)18/h4-7,10H,3,8-9H2,1-2H3,(H,17,18). The molecule has 1 rings (SSSR count). The van der Waals surface area contributed by atoms with Gasteiger partial charge in [0, 0.05) is 26.3 Å². The molecule has 0 unspecified atom stereocenters. The molecule has 5 heteroatoms. The van der Waals surface area contributed by atoms with Crippen LogP contribution in [0.25, 0.3) is 6.08 Å². The van der Waals surface area contributed by atoms with Crippen LogP contribution in [-0.2, 0) is 9.53 Å². The number of halogens is 1. The smallest absolute Gasteiger partial charge is 0.328 e. The number of methoxy groups -OCH3 is 1. The minimum atomic E-state index is -1.06. The topological polar surface area (TPSA) is 49.8 Å². The van der Waals surface area contributed by atoms with E-state index in [1.807, 2.05) is 11.8 Å².